The number of likely N-dealkylation sites (tertiary alicyclic amines) is 1. The van der Waals surface area contributed by atoms with Crippen LogP contribution in [0.3, 0.4) is 0 Å². The molecule has 1 amide bonds. The van der Waals surface area contributed by atoms with E-state index in [0.29, 0.717) is 23.0 Å². The normalized spacial score (nSPS) is 19.8. The fourth-order valence-electron chi connectivity index (χ4n) is 4.82. The second-order valence-electron chi connectivity index (χ2n) is 10.4. The van der Waals surface area contributed by atoms with Crippen molar-refractivity contribution in [1.29, 1.82) is 0 Å². The van der Waals surface area contributed by atoms with Crippen LogP contribution in [-0.4, -0.2) is 52.8 Å². The molecule has 198 valence electrons. The average Bonchev–Trinajstić information content (AvgIpc) is 2.88. The van der Waals surface area contributed by atoms with Crippen LogP contribution in [0.25, 0.3) is 0 Å². The highest BCUT2D eigenvalue weighted by Gasteiger charge is 2.32. The molecule has 1 saturated heterocycles. The molecule has 3 aliphatic rings. The Hall–Kier alpha value is -3.03. The molecule has 2 aromatic carbocycles. The molecule has 0 radical (unpaired) electrons. The molecule has 3 heterocycles. The van der Waals surface area contributed by atoms with Crippen LogP contribution in [0.2, 0.25) is 5.02 Å². The van der Waals surface area contributed by atoms with E-state index < -0.39 is 12.2 Å². The van der Waals surface area contributed by atoms with Crippen molar-refractivity contribution < 1.29 is 23.8 Å². The predicted molar refractivity (Wildman–Crippen MR) is 143 cm³/mol. The second-order valence-corrected chi connectivity index (χ2v) is 10.8. The minimum absolute atomic E-state index is 0.192. The Morgan fingerprint density at radius 1 is 1.11 bits per heavy atom. The molecule has 1 fully saturated rings. The van der Waals surface area contributed by atoms with Crippen LogP contribution in [0, 0.1) is 5.82 Å². The van der Waals surface area contributed by atoms with E-state index in [1.807, 2.05) is 18.2 Å². The fraction of sp³-hybridized carbons (Fsp3) is 0.414. The summed E-state index contributed by atoms with van der Waals surface area (Å²) in [5.74, 6) is 1.58. The Kier molecular flexibility index (Phi) is 8.45. The summed E-state index contributed by atoms with van der Waals surface area (Å²) in [7, 11) is 0. The van der Waals surface area contributed by atoms with Gasteiger partial charge in [0.1, 0.15) is 12.4 Å². The molecular weight excluding hydrogens is 495 g/mol. The first-order valence-electron chi connectivity index (χ1n) is 12.6. The van der Waals surface area contributed by atoms with Crippen molar-refractivity contribution in [1.82, 2.24) is 9.80 Å². The third-order valence-electron chi connectivity index (χ3n) is 6.91. The number of ether oxygens (including phenoxy) is 2. The van der Waals surface area contributed by atoms with E-state index in [1.165, 1.54) is 22.7 Å². The Labute approximate surface area is 222 Å². The van der Waals surface area contributed by atoms with Gasteiger partial charge in [-0.2, -0.15) is 0 Å². The van der Waals surface area contributed by atoms with Gasteiger partial charge in [0, 0.05) is 34.4 Å². The van der Waals surface area contributed by atoms with Crippen molar-refractivity contribution in [3.8, 4) is 11.5 Å². The summed E-state index contributed by atoms with van der Waals surface area (Å²) < 4.78 is 26.6. The number of hydrogen-bond donors (Lipinski definition) is 1. The summed E-state index contributed by atoms with van der Waals surface area (Å²) in [4.78, 5) is 13.9. The Morgan fingerprint density at radius 3 is 2.46 bits per heavy atom. The summed E-state index contributed by atoms with van der Waals surface area (Å²) >= 11 is 5.89. The number of para-hydroxylation sites is 1. The molecule has 1 unspecified atom stereocenters. The first kappa shape index (κ1) is 27.0. The van der Waals surface area contributed by atoms with E-state index in [4.69, 9.17) is 26.2 Å². The van der Waals surface area contributed by atoms with E-state index in [1.54, 1.807) is 24.3 Å². The van der Waals surface area contributed by atoms with E-state index in [2.05, 4.69) is 31.7 Å². The van der Waals surface area contributed by atoms with Crippen LogP contribution >= 0.6 is 11.6 Å². The number of carbonyl (C=O) groups is 1. The van der Waals surface area contributed by atoms with Gasteiger partial charge in [-0.1, -0.05) is 42.0 Å². The number of fused-ring (bicyclic) bond motifs is 1. The number of benzene rings is 2. The first-order chi connectivity index (χ1) is 17.6. The molecule has 6 nitrogen and oxygen atoms in total. The lowest BCUT2D eigenvalue weighted by atomic mass is 9.86. The van der Waals surface area contributed by atoms with Crippen molar-refractivity contribution in [2.75, 3.05) is 26.2 Å². The zero-order valence-corrected chi connectivity index (χ0v) is 22.2. The monoisotopic (exact) mass is 528 g/mol. The molecule has 0 aromatic heterocycles. The highest BCUT2D eigenvalue weighted by molar-refractivity contribution is 6.30. The third-order valence-corrected chi connectivity index (χ3v) is 7.15. The lowest BCUT2D eigenvalue weighted by Crippen LogP contribution is -2.45. The van der Waals surface area contributed by atoms with Gasteiger partial charge < -0.3 is 14.6 Å². The minimum Gasteiger partial charge on any atom is -0.485 e. The Balaban J connectivity index is 0.000000301. The third kappa shape index (κ3) is 6.65. The van der Waals surface area contributed by atoms with E-state index >= 15 is 0 Å². The molecular formula is C29H34ClFN2O4. The van der Waals surface area contributed by atoms with Crippen LogP contribution in [0.15, 0.2) is 60.8 Å². The number of carboxylic acid groups (broad SMARTS) is 1. The largest absolute Gasteiger partial charge is 0.485 e. The summed E-state index contributed by atoms with van der Waals surface area (Å²) in [5.41, 5.74) is 1.84. The maximum atomic E-state index is 14.4. The van der Waals surface area contributed by atoms with Crippen LogP contribution in [0.5, 0.6) is 11.5 Å². The maximum Gasteiger partial charge on any atom is 0.411 e. The number of rotatable bonds is 2. The van der Waals surface area contributed by atoms with Crippen molar-refractivity contribution >= 4 is 17.7 Å². The highest BCUT2D eigenvalue weighted by atomic mass is 35.5. The second kappa shape index (κ2) is 11.6. The van der Waals surface area contributed by atoms with E-state index in [9.17, 15) is 9.18 Å². The number of hydrogen-bond acceptors (Lipinski definition) is 4. The van der Waals surface area contributed by atoms with E-state index in [-0.39, 0.29) is 18.0 Å². The topological polar surface area (TPSA) is 62.2 Å². The Bertz CT molecular complexity index is 1170. The maximum absolute atomic E-state index is 14.4. The standard InChI is InChI=1S/C23H27ClFNO2.C6H7NO2/c1-23(2,3)26-11-9-15(10-12-26)17-5-4-6-20-22(17)28-21(14-27-20)18-8-7-16(24)13-19(18)25;8-6(9)7-4-2-1-3-5-7/h4-8,13,15,21H,9-12,14H2,1-3H3;1-4H,5H2,(H,8,9). The first-order valence-corrected chi connectivity index (χ1v) is 13.0. The number of amides is 1. The SMILES string of the molecule is CC(C)(C)N1CCC(c2cccc3c2OC(c2ccc(Cl)cc2F)CO3)CC1.O=C(O)N1C=CC=CC1. The van der Waals surface area contributed by atoms with Crippen molar-refractivity contribution in [3.05, 3.63) is 82.8 Å². The number of halogens is 2. The summed E-state index contributed by atoms with van der Waals surface area (Å²) in [6, 6.07) is 10.8. The molecule has 0 spiro atoms. The van der Waals surface area contributed by atoms with Gasteiger partial charge in [-0.3, -0.25) is 9.80 Å². The van der Waals surface area contributed by atoms with Crippen LogP contribution < -0.4 is 9.47 Å². The highest BCUT2D eigenvalue weighted by Crippen LogP contribution is 2.45. The summed E-state index contributed by atoms with van der Waals surface area (Å²) in [6.07, 6.45) is 7.61. The molecule has 5 rings (SSSR count). The van der Waals surface area contributed by atoms with Gasteiger partial charge in [0.05, 0.1) is 0 Å². The quantitative estimate of drug-likeness (QED) is 0.454. The lowest BCUT2D eigenvalue weighted by molar-refractivity contribution is 0.0818. The Morgan fingerprint density at radius 2 is 1.86 bits per heavy atom. The van der Waals surface area contributed by atoms with Gasteiger partial charge in [0.15, 0.2) is 17.6 Å². The number of piperidine rings is 1. The van der Waals surface area contributed by atoms with Crippen molar-refractivity contribution in [2.24, 2.45) is 0 Å². The molecule has 8 heteroatoms. The summed E-state index contributed by atoms with van der Waals surface area (Å²) in [5, 5.41) is 8.76. The lowest BCUT2D eigenvalue weighted by Gasteiger charge is -2.41. The summed E-state index contributed by atoms with van der Waals surface area (Å²) in [6.45, 7) is 9.67. The van der Waals surface area contributed by atoms with Crippen molar-refractivity contribution in [2.45, 2.75) is 51.2 Å². The van der Waals surface area contributed by atoms with Crippen molar-refractivity contribution in [3.63, 3.8) is 0 Å². The molecule has 0 bridgehead atoms. The molecule has 2 aromatic rings. The van der Waals surface area contributed by atoms with Gasteiger partial charge in [0.2, 0.25) is 0 Å². The van der Waals surface area contributed by atoms with Gasteiger partial charge in [-0.05, 0) is 76.9 Å². The predicted octanol–water partition coefficient (Wildman–Crippen LogP) is 7.02. The van der Waals surface area contributed by atoms with Gasteiger partial charge >= 0.3 is 6.09 Å². The number of allylic oxidation sites excluding steroid dienone is 2. The molecule has 1 atom stereocenters. The molecule has 0 saturated carbocycles. The smallest absolute Gasteiger partial charge is 0.411 e. The zero-order valence-electron chi connectivity index (χ0n) is 21.5. The van der Waals surface area contributed by atoms with Gasteiger partial charge in [0.25, 0.3) is 0 Å². The molecule has 3 aliphatic heterocycles. The minimum atomic E-state index is -0.907. The molecule has 37 heavy (non-hydrogen) atoms. The van der Waals surface area contributed by atoms with Crippen LogP contribution in [0.4, 0.5) is 9.18 Å². The van der Waals surface area contributed by atoms with Gasteiger partial charge in [-0.25, -0.2) is 9.18 Å². The van der Waals surface area contributed by atoms with Crippen LogP contribution in [0.1, 0.15) is 56.8 Å². The zero-order chi connectivity index (χ0) is 26.6. The average molecular weight is 529 g/mol. The van der Waals surface area contributed by atoms with Gasteiger partial charge in [-0.15, -0.1) is 0 Å². The molecule has 1 N–H and O–H groups in total. The fourth-order valence-corrected chi connectivity index (χ4v) is 4.98. The number of nitrogens with zero attached hydrogens (tertiary/aromatic N) is 2. The molecule has 0 aliphatic carbocycles. The van der Waals surface area contributed by atoms with E-state index in [0.717, 1.165) is 37.4 Å². The van der Waals surface area contributed by atoms with Crippen LogP contribution in [-0.2, 0) is 0 Å².